The Bertz CT molecular complexity index is 754. The summed E-state index contributed by atoms with van der Waals surface area (Å²) in [4.78, 5) is 26.0. The van der Waals surface area contributed by atoms with Crippen molar-refractivity contribution < 1.29 is 14.0 Å². The van der Waals surface area contributed by atoms with Crippen LogP contribution in [0.5, 0.6) is 0 Å². The van der Waals surface area contributed by atoms with E-state index in [1.807, 2.05) is 24.0 Å². The summed E-state index contributed by atoms with van der Waals surface area (Å²) in [5.41, 5.74) is 2.54. The first-order valence-corrected chi connectivity index (χ1v) is 8.31. The number of hydrogen-bond donors (Lipinski definition) is 1. The average Bonchev–Trinajstić information content (AvgIpc) is 2.95. The fourth-order valence-electron chi connectivity index (χ4n) is 2.73. The lowest BCUT2D eigenvalue weighted by Crippen LogP contribution is -2.35. The van der Waals surface area contributed by atoms with Crippen LogP contribution in [0, 0.1) is 6.92 Å². The van der Waals surface area contributed by atoms with Crippen LogP contribution in [0.4, 0.5) is 11.4 Å². The molecular weight excluding hydrogens is 360 g/mol. The molecule has 0 bridgehead atoms. The van der Waals surface area contributed by atoms with Crippen molar-refractivity contribution in [2.45, 2.75) is 26.2 Å². The lowest BCUT2D eigenvalue weighted by atomic mass is 10.1. The van der Waals surface area contributed by atoms with Crippen LogP contribution in [0.15, 0.2) is 39.4 Å². The third kappa shape index (κ3) is 3.47. The lowest BCUT2D eigenvalue weighted by molar-refractivity contribution is -0.119. The predicted molar refractivity (Wildman–Crippen MR) is 91.7 cm³/mol. The van der Waals surface area contributed by atoms with E-state index in [4.69, 9.17) is 4.42 Å². The molecule has 0 radical (unpaired) electrons. The van der Waals surface area contributed by atoms with Crippen molar-refractivity contribution in [2.75, 3.05) is 16.8 Å². The molecule has 2 heterocycles. The largest absolute Gasteiger partial charge is 0.444 e. The average molecular weight is 377 g/mol. The van der Waals surface area contributed by atoms with Crippen LogP contribution in [-0.4, -0.2) is 18.4 Å². The first-order valence-electron chi connectivity index (χ1n) is 7.52. The van der Waals surface area contributed by atoms with Crippen molar-refractivity contribution in [1.29, 1.82) is 0 Å². The van der Waals surface area contributed by atoms with E-state index < -0.39 is 0 Å². The summed E-state index contributed by atoms with van der Waals surface area (Å²) in [5, 5.41) is 2.80. The molecule has 0 aliphatic carbocycles. The van der Waals surface area contributed by atoms with Gasteiger partial charge in [-0.15, -0.1) is 0 Å². The van der Waals surface area contributed by atoms with E-state index in [1.165, 1.54) is 0 Å². The standard InChI is InChI=1S/C17H17BrN2O3/c1-11-10-12(19-17(22)14-7-8-15(18)23-14)5-6-13(11)20-9-3-2-4-16(20)21/h5-8,10H,2-4,9H2,1H3,(H,19,22). The topological polar surface area (TPSA) is 62.6 Å². The number of benzene rings is 1. The minimum absolute atomic E-state index is 0.163. The van der Waals surface area contributed by atoms with E-state index in [-0.39, 0.29) is 17.6 Å². The van der Waals surface area contributed by atoms with Gasteiger partial charge in [0.1, 0.15) is 0 Å². The summed E-state index contributed by atoms with van der Waals surface area (Å²) < 4.78 is 5.74. The van der Waals surface area contributed by atoms with E-state index in [0.29, 0.717) is 16.8 Å². The van der Waals surface area contributed by atoms with E-state index in [9.17, 15) is 9.59 Å². The molecule has 6 heteroatoms. The van der Waals surface area contributed by atoms with Gasteiger partial charge in [-0.2, -0.15) is 0 Å². The van der Waals surface area contributed by atoms with Gasteiger partial charge in [0.25, 0.3) is 5.91 Å². The monoisotopic (exact) mass is 376 g/mol. The highest BCUT2D eigenvalue weighted by Gasteiger charge is 2.21. The number of carbonyl (C=O) groups excluding carboxylic acids is 2. The number of rotatable bonds is 3. The fraction of sp³-hybridized carbons (Fsp3) is 0.294. The number of furan rings is 1. The summed E-state index contributed by atoms with van der Waals surface area (Å²) in [6.45, 7) is 2.70. The molecule has 1 aromatic heterocycles. The van der Waals surface area contributed by atoms with Gasteiger partial charge in [-0.1, -0.05) is 0 Å². The zero-order chi connectivity index (χ0) is 16.4. The Morgan fingerprint density at radius 3 is 2.74 bits per heavy atom. The van der Waals surface area contributed by atoms with Gasteiger partial charge in [0.2, 0.25) is 5.91 Å². The number of nitrogens with one attached hydrogen (secondary N) is 1. The molecule has 0 atom stereocenters. The maximum atomic E-state index is 12.1. The zero-order valence-electron chi connectivity index (χ0n) is 12.8. The minimum Gasteiger partial charge on any atom is -0.444 e. The van der Waals surface area contributed by atoms with Crippen molar-refractivity contribution in [3.63, 3.8) is 0 Å². The number of piperidine rings is 1. The van der Waals surface area contributed by atoms with E-state index >= 15 is 0 Å². The second kappa shape index (κ2) is 6.58. The van der Waals surface area contributed by atoms with E-state index in [0.717, 1.165) is 30.6 Å². The van der Waals surface area contributed by atoms with Gasteiger partial charge in [0.05, 0.1) is 0 Å². The Labute approximate surface area is 142 Å². The summed E-state index contributed by atoms with van der Waals surface area (Å²) >= 11 is 3.17. The molecule has 5 nitrogen and oxygen atoms in total. The maximum Gasteiger partial charge on any atom is 0.291 e. The molecule has 1 fully saturated rings. The number of anilines is 2. The van der Waals surface area contributed by atoms with Crippen LogP contribution >= 0.6 is 15.9 Å². The number of hydrogen-bond acceptors (Lipinski definition) is 3. The Morgan fingerprint density at radius 2 is 2.09 bits per heavy atom. The molecular formula is C17H17BrN2O3. The van der Waals surface area contributed by atoms with Crippen LogP contribution in [0.3, 0.4) is 0 Å². The Balaban J connectivity index is 1.76. The number of carbonyl (C=O) groups is 2. The predicted octanol–water partition coefficient (Wildman–Crippen LogP) is 4.12. The summed E-state index contributed by atoms with van der Waals surface area (Å²) in [6, 6.07) is 8.83. The Hall–Kier alpha value is -2.08. The highest BCUT2D eigenvalue weighted by molar-refractivity contribution is 9.10. The van der Waals surface area contributed by atoms with Crippen LogP contribution in [0.1, 0.15) is 35.4 Å². The molecule has 23 heavy (non-hydrogen) atoms. The van der Waals surface area contributed by atoms with Gasteiger partial charge in [-0.25, -0.2) is 0 Å². The quantitative estimate of drug-likeness (QED) is 0.875. The minimum atomic E-state index is -0.308. The second-order valence-electron chi connectivity index (χ2n) is 5.56. The second-order valence-corrected chi connectivity index (χ2v) is 6.34. The molecule has 120 valence electrons. The molecule has 0 spiro atoms. The van der Waals surface area contributed by atoms with Crippen molar-refractivity contribution >= 4 is 39.1 Å². The molecule has 2 aromatic rings. The molecule has 1 N–H and O–H groups in total. The fourth-order valence-corrected chi connectivity index (χ4v) is 3.03. The van der Waals surface area contributed by atoms with Crippen molar-refractivity contribution in [2.24, 2.45) is 0 Å². The van der Waals surface area contributed by atoms with Gasteiger partial charge in [0, 0.05) is 24.3 Å². The molecule has 1 aliphatic rings. The van der Waals surface area contributed by atoms with Crippen LogP contribution in [0.25, 0.3) is 0 Å². The number of nitrogens with zero attached hydrogens (tertiary/aromatic N) is 1. The lowest BCUT2D eigenvalue weighted by Gasteiger charge is -2.28. The van der Waals surface area contributed by atoms with Crippen LogP contribution in [0.2, 0.25) is 0 Å². The van der Waals surface area contributed by atoms with E-state index in [1.54, 1.807) is 18.2 Å². The summed E-state index contributed by atoms with van der Waals surface area (Å²) in [5.74, 6) is 0.0956. The van der Waals surface area contributed by atoms with Gasteiger partial charge in [-0.3, -0.25) is 9.59 Å². The third-order valence-corrected chi connectivity index (χ3v) is 4.29. The maximum absolute atomic E-state index is 12.1. The smallest absolute Gasteiger partial charge is 0.291 e. The molecule has 2 amide bonds. The van der Waals surface area contributed by atoms with Crippen molar-refractivity contribution in [3.05, 3.63) is 46.3 Å². The van der Waals surface area contributed by atoms with E-state index in [2.05, 4.69) is 21.2 Å². The molecule has 1 aliphatic heterocycles. The first kappa shape index (κ1) is 15.8. The highest BCUT2D eigenvalue weighted by Crippen LogP contribution is 2.27. The normalized spacial score (nSPS) is 14.9. The highest BCUT2D eigenvalue weighted by atomic mass is 79.9. The molecule has 1 saturated heterocycles. The summed E-state index contributed by atoms with van der Waals surface area (Å²) in [7, 11) is 0. The van der Waals surface area contributed by atoms with Gasteiger partial charge in [0.15, 0.2) is 10.4 Å². The number of aryl methyl sites for hydroxylation is 1. The van der Waals surface area contributed by atoms with Crippen molar-refractivity contribution in [3.8, 4) is 0 Å². The van der Waals surface area contributed by atoms with Gasteiger partial charge >= 0.3 is 0 Å². The Kier molecular flexibility index (Phi) is 4.52. The molecule has 0 saturated carbocycles. The molecule has 3 rings (SSSR count). The van der Waals surface area contributed by atoms with Crippen LogP contribution < -0.4 is 10.2 Å². The third-order valence-electron chi connectivity index (χ3n) is 3.87. The number of halogens is 1. The SMILES string of the molecule is Cc1cc(NC(=O)c2ccc(Br)o2)ccc1N1CCCCC1=O. The zero-order valence-corrected chi connectivity index (χ0v) is 14.4. The van der Waals surface area contributed by atoms with Crippen molar-refractivity contribution in [1.82, 2.24) is 0 Å². The first-order chi connectivity index (χ1) is 11.0. The summed E-state index contributed by atoms with van der Waals surface area (Å²) in [6.07, 6.45) is 2.59. The van der Waals surface area contributed by atoms with Gasteiger partial charge < -0.3 is 14.6 Å². The molecule has 1 aromatic carbocycles. The number of amides is 2. The Morgan fingerprint density at radius 1 is 1.26 bits per heavy atom. The van der Waals surface area contributed by atoms with Crippen LogP contribution in [-0.2, 0) is 4.79 Å². The molecule has 0 unspecified atom stereocenters. The van der Waals surface area contributed by atoms with Gasteiger partial charge in [-0.05, 0) is 71.6 Å².